The van der Waals surface area contributed by atoms with E-state index in [1.54, 1.807) is 0 Å². The molecule has 4 saturated carbocycles. The molecule has 4 aliphatic rings. The van der Waals surface area contributed by atoms with E-state index in [1.165, 1.54) is 49.7 Å². The second kappa shape index (κ2) is 3.56. The predicted octanol–water partition coefficient (Wildman–Crippen LogP) is 4.56. The lowest BCUT2D eigenvalue weighted by Crippen LogP contribution is -2.52. The van der Waals surface area contributed by atoms with Crippen molar-refractivity contribution in [2.75, 3.05) is 0 Å². The minimum absolute atomic E-state index is 0.287. The molecule has 2 atom stereocenters. The molecular formula is C18H24O. The maximum absolute atomic E-state index is 10.4. The van der Waals surface area contributed by atoms with Gasteiger partial charge in [-0.05, 0) is 68.8 Å². The van der Waals surface area contributed by atoms with Crippen molar-refractivity contribution < 1.29 is 5.11 Å². The number of benzene rings is 1. The van der Waals surface area contributed by atoms with Crippen molar-refractivity contribution in [2.24, 2.45) is 17.3 Å². The topological polar surface area (TPSA) is 20.2 Å². The van der Waals surface area contributed by atoms with Gasteiger partial charge >= 0.3 is 0 Å². The van der Waals surface area contributed by atoms with Crippen LogP contribution >= 0.6 is 0 Å². The molecule has 0 saturated heterocycles. The highest BCUT2D eigenvalue weighted by molar-refractivity contribution is 5.43. The van der Waals surface area contributed by atoms with E-state index in [-0.39, 0.29) is 5.41 Å². The van der Waals surface area contributed by atoms with E-state index in [9.17, 15) is 5.11 Å². The van der Waals surface area contributed by atoms with Crippen LogP contribution in [0.25, 0.3) is 0 Å². The molecule has 2 unspecified atom stereocenters. The molecule has 0 aliphatic heterocycles. The van der Waals surface area contributed by atoms with Gasteiger partial charge in [0.2, 0.25) is 0 Å². The zero-order valence-corrected chi connectivity index (χ0v) is 12.1. The van der Waals surface area contributed by atoms with Crippen LogP contribution in [0.2, 0.25) is 0 Å². The molecule has 102 valence electrons. The van der Waals surface area contributed by atoms with Gasteiger partial charge in [0.05, 0.1) is 0 Å². The van der Waals surface area contributed by atoms with Crippen molar-refractivity contribution in [3.8, 4) is 5.75 Å². The van der Waals surface area contributed by atoms with E-state index in [0.29, 0.717) is 11.2 Å². The summed E-state index contributed by atoms with van der Waals surface area (Å²) in [6.07, 6.45) is 8.23. The zero-order valence-electron chi connectivity index (χ0n) is 12.1. The van der Waals surface area contributed by atoms with Crippen LogP contribution in [-0.4, -0.2) is 5.11 Å². The Kier molecular flexibility index (Phi) is 2.21. The average Bonchev–Trinajstić information content (AvgIpc) is 2.29. The summed E-state index contributed by atoms with van der Waals surface area (Å²) in [5, 5.41) is 10.4. The fourth-order valence-corrected chi connectivity index (χ4v) is 6.11. The van der Waals surface area contributed by atoms with Gasteiger partial charge in [-0.1, -0.05) is 24.6 Å². The first kappa shape index (κ1) is 11.8. The average molecular weight is 256 g/mol. The molecule has 1 aromatic rings. The van der Waals surface area contributed by atoms with Crippen molar-refractivity contribution in [1.82, 2.24) is 0 Å². The highest BCUT2D eigenvalue weighted by Crippen LogP contribution is 2.66. The molecule has 4 bridgehead atoms. The van der Waals surface area contributed by atoms with E-state index < -0.39 is 0 Å². The summed E-state index contributed by atoms with van der Waals surface area (Å²) >= 11 is 0. The van der Waals surface area contributed by atoms with Crippen LogP contribution in [0.1, 0.15) is 56.6 Å². The number of rotatable bonds is 1. The Morgan fingerprint density at radius 3 is 2.42 bits per heavy atom. The fourth-order valence-electron chi connectivity index (χ4n) is 6.11. The van der Waals surface area contributed by atoms with Crippen molar-refractivity contribution in [1.29, 1.82) is 0 Å². The summed E-state index contributed by atoms with van der Waals surface area (Å²) in [6, 6.07) is 6.19. The van der Waals surface area contributed by atoms with E-state index in [0.717, 1.165) is 11.8 Å². The lowest BCUT2D eigenvalue weighted by atomic mass is 9.43. The monoisotopic (exact) mass is 256 g/mol. The molecule has 0 amide bonds. The Labute approximate surface area is 116 Å². The first-order chi connectivity index (χ1) is 8.98. The van der Waals surface area contributed by atoms with Crippen molar-refractivity contribution in [3.05, 3.63) is 29.3 Å². The quantitative estimate of drug-likeness (QED) is 0.781. The summed E-state index contributed by atoms with van der Waals surface area (Å²) in [5.74, 6) is 2.36. The smallest absolute Gasteiger partial charge is 0.119 e. The van der Waals surface area contributed by atoms with Crippen LogP contribution in [0, 0.1) is 24.2 Å². The summed E-state index contributed by atoms with van der Waals surface area (Å²) in [7, 11) is 0. The minimum atomic E-state index is 0.287. The summed E-state index contributed by atoms with van der Waals surface area (Å²) in [6.45, 7) is 4.64. The van der Waals surface area contributed by atoms with E-state index >= 15 is 0 Å². The van der Waals surface area contributed by atoms with Gasteiger partial charge in [0.1, 0.15) is 5.75 Å². The van der Waals surface area contributed by atoms with Crippen LogP contribution in [0.15, 0.2) is 18.2 Å². The number of phenolic OH excluding ortho intramolecular Hbond substituents is 1. The molecule has 5 rings (SSSR count). The first-order valence-corrected chi connectivity index (χ1v) is 7.78. The number of aromatic hydroxyl groups is 1. The largest absolute Gasteiger partial charge is 0.508 e. The third kappa shape index (κ3) is 1.67. The molecule has 0 aromatic heterocycles. The lowest BCUT2D eigenvalue weighted by molar-refractivity contribution is -0.0622. The molecule has 4 aliphatic carbocycles. The molecule has 0 spiro atoms. The second-order valence-corrected chi connectivity index (χ2v) is 8.07. The van der Waals surface area contributed by atoms with Crippen LogP contribution in [0.4, 0.5) is 0 Å². The Morgan fingerprint density at radius 1 is 1.11 bits per heavy atom. The molecule has 1 N–H and O–H groups in total. The number of aryl methyl sites for hydroxylation is 1. The van der Waals surface area contributed by atoms with Gasteiger partial charge in [0.15, 0.2) is 0 Å². The van der Waals surface area contributed by atoms with Crippen LogP contribution in [0.3, 0.4) is 0 Å². The van der Waals surface area contributed by atoms with Crippen molar-refractivity contribution in [2.45, 2.75) is 57.8 Å². The molecule has 1 heteroatoms. The molecular weight excluding hydrogens is 232 g/mol. The van der Waals surface area contributed by atoms with E-state index in [4.69, 9.17) is 0 Å². The summed E-state index contributed by atoms with van der Waals surface area (Å²) in [4.78, 5) is 0. The molecule has 4 fully saturated rings. The highest BCUT2D eigenvalue weighted by atomic mass is 16.3. The van der Waals surface area contributed by atoms with Gasteiger partial charge in [0, 0.05) is 11.0 Å². The molecule has 19 heavy (non-hydrogen) atoms. The van der Waals surface area contributed by atoms with Crippen molar-refractivity contribution in [3.63, 3.8) is 0 Å². The Morgan fingerprint density at radius 2 is 1.79 bits per heavy atom. The van der Waals surface area contributed by atoms with Crippen molar-refractivity contribution >= 4 is 0 Å². The van der Waals surface area contributed by atoms with E-state index in [2.05, 4.69) is 19.9 Å². The summed E-state index contributed by atoms with van der Waals surface area (Å²) in [5.41, 5.74) is 3.37. The Balaban J connectivity index is 1.83. The predicted molar refractivity (Wildman–Crippen MR) is 77.3 cm³/mol. The number of phenols is 1. The molecule has 1 nitrogen and oxygen atoms in total. The minimum Gasteiger partial charge on any atom is -0.508 e. The number of hydrogen-bond acceptors (Lipinski definition) is 1. The van der Waals surface area contributed by atoms with Crippen LogP contribution < -0.4 is 0 Å². The maximum Gasteiger partial charge on any atom is 0.119 e. The molecule has 1 aromatic carbocycles. The summed E-state index contributed by atoms with van der Waals surface area (Å²) < 4.78 is 0. The standard InChI is InChI=1S/C18H24O/c1-12-3-4-16(19)15(5-12)18-9-13-6-14(10-18)8-17(2,7-13)11-18/h3-5,13-14,19H,6-11H2,1-2H3. The van der Waals surface area contributed by atoms with Gasteiger partial charge in [-0.25, -0.2) is 0 Å². The van der Waals surface area contributed by atoms with E-state index in [1.807, 2.05) is 12.1 Å². The Hall–Kier alpha value is -0.980. The van der Waals surface area contributed by atoms with Gasteiger partial charge < -0.3 is 5.11 Å². The SMILES string of the molecule is Cc1ccc(O)c(C23CC4CC(CC(C)(C4)C2)C3)c1. The van der Waals surface area contributed by atoms with Gasteiger partial charge in [-0.15, -0.1) is 0 Å². The highest BCUT2D eigenvalue weighted by Gasteiger charge is 2.56. The maximum atomic E-state index is 10.4. The third-order valence-corrected chi connectivity index (χ3v) is 6.08. The van der Waals surface area contributed by atoms with Crippen LogP contribution in [0.5, 0.6) is 5.75 Å². The zero-order chi connectivity index (χ0) is 13.3. The lowest BCUT2D eigenvalue weighted by Gasteiger charge is -2.61. The van der Waals surface area contributed by atoms with Gasteiger partial charge in [0.25, 0.3) is 0 Å². The van der Waals surface area contributed by atoms with Gasteiger partial charge in [-0.2, -0.15) is 0 Å². The fraction of sp³-hybridized carbons (Fsp3) is 0.667. The third-order valence-electron chi connectivity index (χ3n) is 6.08. The second-order valence-electron chi connectivity index (χ2n) is 8.07. The van der Waals surface area contributed by atoms with Gasteiger partial charge in [-0.3, -0.25) is 0 Å². The molecule has 0 radical (unpaired) electrons. The Bertz CT molecular complexity index is 516. The molecule has 0 heterocycles. The number of hydrogen-bond donors (Lipinski definition) is 1. The normalized spacial score (nSPS) is 43.7. The first-order valence-electron chi connectivity index (χ1n) is 7.78. The van der Waals surface area contributed by atoms with Crippen LogP contribution in [-0.2, 0) is 5.41 Å².